The summed E-state index contributed by atoms with van der Waals surface area (Å²) < 4.78 is 1.33. The maximum absolute atomic E-state index is 12.4. The largest absolute Gasteiger partial charge is 0.328 e. The summed E-state index contributed by atoms with van der Waals surface area (Å²) in [5, 5.41) is 0.581. The fourth-order valence-electron chi connectivity index (χ4n) is 3.50. The van der Waals surface area contributed by atoms with Gasteiger partial charge in [0.2, 0.25) is 0 Å². The van der Waals surface area contributed by atoms with Crippen LogP contribution in [-0.2, 0) is 6.54 Å². The number of fused-ring (bicyclic) bond motifs is 1. The summed E-state index contributed by atoms with van der Waals surface area (Å²) >= 11 is 0. The van der Waals surface area contributed by atoms with Crippen LogP contribution in [0.2, 0.25) is 0 Å². The van der Waals surface area contributed by atoms with Crippen LogP contribution in [0, 0.1) is 5.92 Å². The molecular formula is C18H25N3O2. The summed E-state index contributed by atoms with van der Waals surface area (Å²) in [6, 6.07) is 7.17. The molecule has 0 aliphatic carbocycles. The molecule has 124 valence electrons. The number of unbranched alkanes of at least 4 members (excludes halogenated alkanes) is 1. The van der Waals surface area contributed by atoms with Crippen LogP contribution in [-0.4, -0.2) is 34.1 Å². The number of aromatic nitrogens is 2. The van der Waals surface area contributed by atoms with Gasteiger partial charge in [-0.15, -0.1) is 0 Å². The number of hydrogen-bond acceptors (Lipinski definition) is 3. The van der Waals surface area contributed by atoms with Crippen molar-refractivity contribution in [3.8, 4) is 0 Å². The molecule has 1 aromatic carbocycles. The molecule has 0 radical (unpaired) electrons. The van der Waals surface area contributed by atoms with Gasteiger partial charge in [-0.3, -0.25) is 9.36 Å². The molecule has 1 fully saturated rings. The summed E-state index contributed by atoms with van der Waals surface area (Å²) in [5.41, 5.74) is 0.122. The first-order valence-corrected chi connectivity index (χ1v) is 8.59. The summed E-state index contributed by atoms with van der Waals surface area (Å²) in [6.07, 6.45) is 4.49. The molecule has 0 spiro atoms. The van der Waals surface area contributed by atoms with Crippen molar-refractivity contribution >= 4 is 10.9 Å². The van der Waals surface area contributed by atoms with Gasteiger partial charge in [0.05, 0.1) is 10.9 Å². The topological polar surface area (TPSA) is 58.1 Å². The van der Waals surface area contributed by atoms with Crippen LogP contribution in [0.1, 0.15) is 32.6 Å². The lowest BCUT2D eigenvalue weighted by molar-refractivity contribution is 0.180. The fraction of sp³-hybridized carbons (Fsp3) is 0.556. The van der Waals surface area contributed by atoms with E-state index >= 15 is 0 Å². The molecule has 1 aliphatic rings. The van der Waals surface area contributed by atoms with Crippen molar-refractivity contribution in [1.29, 1.82) is 0 Å². The van der Waals surface area contributed by atoms with Crippen molar-refractivity contribution in [2.75, 3.05) is 19.6 Å². The summed E-state index contributed by atoms with van der Waals surface area (Å²) in [7, 11) is 0. The van der Waals surface area contributed by atoms with Crippen LogP contribution in [0.4, 0.5) is 0 Å². The minimum Gasteiger partial charge on any atom is -0.307 e. The Morgan fingerprint density at radius 2 is 1.96 bits per heavy atom. The van der Waals surface area contributed by atoms with Gasteiger partial charge in [0.15, 0.2) is 0 Å². The molecule has 0 amide bonds. The maximum Gasteiger partial charge on any atom is 0.328 e. The third kappa shape index (κ3) is 3.72. The van der Waals surface area contributed by atoms with Gasteiger partial charge in [0, 0.05) is 13.1 Å². The molecule has 5 nitrogen and oxygen atoms in total. The van der Waals surface area contributed by atoms with E-state index in [0.29, 0.717) is 17.4 Å². The monoisotopic (exact) mass is 315 g/mol. The van der Waals surface area contributed by atoms with Gasteiger partial charge in [0.1, 0.15) is 0 Å². The van der Waals surface area contributed by atoms with Crippen molar-refractivity contribution in [2.24, 2.45) is 5.92 Å². The number of hydrogen-bond donors (Lipinski definition) is 1. The third-order valence-electron chi connectivity index (χ3n) is 4.74. The Morgan fingerprint density at radius 3 is 2.78 bits per heavy atom. The van der Waals surface area contributed by atoms with Crippen molar-refractivity contribution in [2.45, 2.75) is 39.2 Å². The number of rotatable bonds is 5. The highest BCUT2D eigenvalue weighted by molar-refractivity contribution is 5.76. The third-order valence-corrected chi connectivity index (χ3v) is 4.74. The van der Waals surface area contributed by atoms with Crippen LogP contribution in [0.5, 0.6) is 0 Å². The highest BCUT2D eigenvalue weighted by Crippen LogP contribution is 2.15. The molecule has 0 saturated carbocycles. The van der Waals surface area contributed by atoms with E-state index in [4.69, 9.17) is 0 Å². The Labute approximate surface area is 135 Å². The molecule has 2 heterocycles. The summed E-state index contributed by atoms with van der Waals surface area (Å²) in [5.74, 6) is 0.787. The van der Waals surface area contributed by atoms with Gasteiger partial charge in [0.25, 0.3) is 5.56 Å². The Hall–Kier alpha value is -1.88. The number of likely N-dealkylation sites (tertiary alicyclic amines) is 1. The van der Waals surface area contributed by atoms with E-state index in [0.717, 1.165) is 25.3 Å². The molecule has 0 unspecified atom stereocenters. The van der Waals surface area contributed by atoms with Crippen molar-refractivity contribution in [3.05, 3.63) is 45.1 Å². The van der Waals surface area contributed by atoms with E-state index < -0.39 is 0 Å². The molecule has 5 heteroatoms. The minimum absolute atomic E-state index is 0.184. The molecule has 0 bridgehead atoms. The summed E-state index contributed by atoms with van der Waals surface area (Å²) in [4.78, 5) is 29.8. The second-order valence-corrected chi connectivity index (χ2v) is 6.69. The van der Waals surface area contributed by atoms with Crippen LogP contribution >= 0.6 is 0 Å². The van der Waals surface area contributed by atoms with Crippen molar-refractivity contribution in [1.82, 2.24) is 14.5 Å². The first kappa shape index (κ1) is 16.0. The lowest BCUT2D eigenvalue weighted by Crippen LogP contribution is -2.36. The van der Waals surface area contributed by atoms with Gasteiger partial charge < -0.3 is 9.88 Å². The normalized spacial score (nSPS) is 19.3. The predicted molar refractivity (Wildman–Crippen MR) is 92.9 cm³/mol. The fourth-order valence-corrected chi connectivity index (χ4v) is 3.50. The summed E-state index contributed by atoms with van der Waals surface area (Å²) in [6.45, 7) is 6.21. The van der Waals surface area contributed by atoms with Crippen molar-refractivity contribution in [3.63, 3.8) is 0 Å². The number of para-hydroxylation sites is 1. The van der Waals surface area contributed by atoms with Crippen LogP contribution < -0.4 is 11.2 Å². The quantitative estimate of drug-likeness (QED) is 0.861. The molecular weight excluding hydrogens is 290 g/mol. The van der Waals surface area contributed by atoms with Gasteiger partial charge >= 0.3 is 5.69 Å². The molecule has 23 heavy (non-hydrogen) atoms. The van der Waals surface area contributed by atoms with E-state index in [1.807, 2.05) is 12.1 Å². The van der Waals surface area contributed by atoms with Crippen LogP contribution in [0.15, 0.2) is 33.9 Å². The van der Waals surface area contributed by atoms with Gasteiger partial charge in [-0.25, -0.2) is 4.79 Å². The number of benzene rings is 1. The zero-order valence-corrected chi connectivity index (χ0v) is 13.8. The Morgan fingerprint density at radius 1 is 1.17 bits per heavy atom. The number of nitrogens with one attached hydrogen (secondary N) is 1. The SMILES string of the molecule is C[C@H]1CCCN(CCCCn2c(=O)[nH]c3ccccc3c2=O)C1. The van der Waals surface area contributed by atoms with E-state index in [-0.39, 0.29) is 11.2 Å². The van der Waals surface area contributed by atoms with Gasteiger partial charge in [-0.05, 0) is 56.8 Å². The van der Waals surface area contributed by atoms with E-state index in [1.54, 1.807) is 12.1 Å². The zero-order valence-electron chi connectivity index (χ0n) is 13.8. The van der Waals surface area contributed by atoms with Crippen LogP contribution in [0.25, 0.3) is 10.9 Å². The average molecular weight is 315 g/mol. The second-order valence-electron chi connectivity index (χ2n) is 6.69. The first-order valence-electron chi connectivity index (χ1n) is 8.59. The molecule has 3 rings (SSSR count). The van der Waals surface area contributed by atoms with E-state index in [1.165, 1.54) is 30.5 Å². The average Bonchev–Trinajstić information content (AvgIpc) is 2.54. The standard InChI is InChI=1S/C18H25N3O2/c1-14-7-6-11-20(13-14)10-4-5-12-21-17(22)15-8-2-3-9-16(15)19-18(21)23/h2-3,8-9,14H,4-7,10-13H2,1H3,(H,19,23)/t14-/m0/s1. The van der Waals surface area contributed by atoms with E-state index in [9.17, 15) is 9.59 Å². The maximum atomic E-state index is 12.4. The van der Waals surface area contributed by atoms with E-state index in [2.05, 4.69) is 16.8 Å². The highest BCUT2D eigenvalue weighted by atomic mass is 16.2. The van der Waals surface area contributed by atoms with Gasteiger partial charge in [-0.2, -0.15) is 0 Å². The van der Waals surface area contributed by atoms with Gasteiger partial charge in [-0.1, -0.05) is 19.1 Å². The number of piperidine rings is 1. The molecule has 1 aliphatic heterocycles. The molecule has 2 aromatic rings. The van der Waals surface area contributed by atoms with Crippen molar-refractivity contribution < 1.29 is 0 Å². The number of aromatic amines is 1. The molecule has 1 N–H and O–H groups in total. The Kier molecular flexibility index (Phi) is 4.96. The minimum atomic E-state index is -0.305. The Bertz CT molecular complexity index is 778. The lowest BCUT2D eigenvalue weighted by Gasteiger charge is -2.30. The number of nitrogens with zero attached hydrogens (tertiary/aromatic N) is 2. The predicted octanol–water partition coefficient (Wildman–Crippen LogP) is 2.20. The second kappa shape index (κ2) is 7.13. The first-order chi connectivity index (χ1) is 11.1. The smallest absolute Gasteiger partial charge is 0.307 e. The number of H-pyrrole nitrogens is 1. The lowest BCUT2D eigenvalue weighted by atomic mass is 10.0. The molecule has 1 saturated heterocycles. The zero-order chi connectivity index (χ0) is 16.2. The highest BCUT2D eigenvalue weighted by Gasteiger charge is 2.15. The Balaban J connectivity index is 1.61. The molecule has 1 aromatic heterocycles. The molecule has 1 atom stereocenters. The van der Waals surface area contributed by atoms with Crippen LogP contribution in [0.3, 0.4) is 0 Å².